The smallest absolute Gasteiger partial charge is 0.279 e. The fraction of sp³-hybridized carbons (Fsp3) is 0.278. The number of carbonyl (C=O) groups is 1. The average molecular weight is 283 g/mol. The number of carbonyl (C=O) groups excluding carboxylic acids is 1. The fourth-order valence-corrected chi connectivity index (χ4v) is 2.18. The molecule has 3 N–H and O–H groups in total. The maximum Gasteiger partial charge on any atom is 0.279 e. The average Bonchev–Trinajstić information content (AvgIpc) is 2.53. The van der Waals surface area contributed by atoms with Gasteiger partial charge in [0.15, 0.2) is 6.54 Å². The number of nitrogens with two attached hydrogens (primary N) is 1. The van der Waals surface area contributed by atoms with E-state index in [0.29, 0.717) is 6.54 Å². The van der Waals surface area contributed by atoms with Crippen molar-refractivity contribution in [3.05, 3.63) is 65.7 Å². The molecule has 3 nitrogen and oxygen atoms in total. The highest BCUT2D eigenvalue weighted by Crippen LogP contribution is 2.09. The zero-order valence-corrected chi connectivity index (χ0v) is 12.5. The van der Waals surface area contributed by atoms with Crippen LogP contribution in [0.5, 0.6) is 0 Å². The topological polar surface area (TPSA) is 45.7 Å². The Hall–Kier alpha value is -2.13. The summed E-state index contributed by atoms with van der Waals surface area (Å²) in [5, 5.41) is 4.97. The van der Waals surface area contributed by atoms with Crippen molar-refractivity contribution in [3.8, 4) is 0 Å². The summed E-state index contributed by atoms with van der Waals surface area (Å²) in [4.78, 5) is 11.8. The van der Waals surface area contributed by atoms with Crippen LogP contribution in [-0.4, -0.2) is 19.0 Å². The van der Waals surface area contributed by atoms with Crippen LogP contribution in [0, 0.1) is 0 Å². The number of nitrogens with one attached hydrogen (secondary N) is 1. The van der Waals surface area contributed by atoms with Crippen LogP contribution in [0.3, 0.4) is 0 Å². The molecule has 1 amide bonds. The number of anilines is 1. The van der Waals surface area contributed by atoms with Gasteiger partial charge < -0.3 is 10.6 Å². The molecule has 0 saturated carbocycles. The Kier molecular flexibility index (Phi) is 5.98. The Morgan fingerprint density at radius 1 is 1.00 bits per heavy atom. The lowest BCUT2D eigenvalue weighted by Crippen LogP contribution is -2.86. The predicted octanol–water partition coefficient (Wildman–Crippen LogP) is 1.99. The molecule has 0 bridgehead atoms. The molecule has 21 heavy (non-hydrogen) atoms. The summed E-state index contributed by atoms with van der Waals surface area (Å²) in [5.41, 5.74) is 3.46. The molecule has 2 rings (SSSR count). The first-order chi connectivity index (χ1) is 10.3. The van der Waals surface area contributed by atoms with Crippen LogP contribution < -0.4 is 10.6 Å². The molecule has 0 atom stereocenters. The van der Waals surface area contributed by atoms with Gasteiger partial charge in [-0.3, -0.25) is 4.79 Å². The summed E-state index contributed by atoms with van der Waals surface area (Å²) < 4.78 is 0. The van der Waals surface area contributed by atoms with E-state index in [4.69, 9.17) is 0 Å². The minimum atomic E-state index is 0.0484. The SMILES string of the molecule is CCc1ccc(NC(=O)C[NH2+]CCc2ccccc2)cc1. The number of hydrogen-bond acceptors (Lipinski definition) is 1. The molecule has 0 unspecified atom stereocenters. The van der Waals surface area contributed by atoms with Crippen molar-refractivity contribution >= 4 is 11.6 Å². The molecular weight excluding hydrogens is 260 g/mol. The zero-order valence-electron chi connectivity index (χ0n) is 12.5. The number of quaternary nitrogens is 1. The third-order valence-electron chi connectivity index (χ3n) is 3.46. The van der Waals surface area contributed by atoms with Gasteiger partial charge in [-0.15, -0.1) is 0 Å². The molecule has 110 valence electrons. The van der Waals surface area contributed by atoms with Crippen LogP contribution >= 0.6 is 0 Å². The van der Waals surface area contributed by atoms with Gasteiger partial charge in [0, 0.05) is 12.1 Å². The first-order valence-electron chi connectivity index (χ1n) is 7.52. The molecule has 0 radical (unpaired) electrons. The maximum atomic E-state index is 11.8. The molecule has 0 aromatic heterocycles. The number of aryl methyl sites for hydroxylation is 1. The first kappa shape index (κ1) is 15.3. The fourth-order valence-electron chi connectivity index (χ4n) is 2.18. The Bertz CT molecular complexity index is 549. The van der Waals surface area contributed by atoms with Gasteiger partial charge in [-0.2, -0.15) is 0 Å². The molecular formula is C18H23N2O+. The lowest BCUT2D eigenvalue weighted by atomic mass is 10.1. The summed E-state index contributed by atoms with van der Waals surface area (Å²) >= 11 is 0. The largest absolute Gasteiger partial charge is 0.338 e. The molecule has 0 fully saturated rings. The van der Waals surface area contributed by atoms with Gasteiger partial charge in [0.25, 0.3) is 5.91 Å². The van der Waals surface area contributed by atoms with E-state index in [1.165, 1.54) is 11.1 Å². The van der Waals surface area contributed by atoms with Gasteiger partial charge in [0.05, 0.1) is 6.54 Å². The van der Waals surface area contributed by atoms with E-state index in [0.717, 1.165) is 25.1 Å². The van der Waals surface area contributed by atoms with Crippen LogP contribution in [0.1, 0.15) is 18.1 Å². The van der Waals surface area contributed by atoms with Crippen LogP contribution in [-0.2, 0) is 17.6 Å². The van der Waals surface area contributed by atoms with Gasteiger partial charge >= 0.3 is 0 Å². The van der Waals surface area contributed by atoms with E-state index in [1.54, 1.807) is 0 Å². The highest BCUT2D eigenvalue weighted by Gasteiger charge is 2.04. The maximum absolute atomic E-state index is 11.8. The minimum Gasteiger partial charge on any atom is -0.338 e. The Balaban J connectivity index is 1.67. The van der Waals surface area contributed by atoms with Crippen molar-refractivity contribution in [1.82, 2.24) is 0 Å². The Labute approximate surface area is 126 Å². The zero-order chi connectivity index (χ0) is 14.9. The van der Waals surface area contributed by atoms with E-state index in [1.807, 2.05) is 35.6 Å². The molecule has 2 aromatic rings. The molecule has 0 saturated heterocycles. The molecule has 0 heterocycles. The predicted molar refractivity (Wildman–Crippen MR) is 86.3 cm³/mol. The van der Waals surface area contributed by atoms with E-state index in [2.05, 4.69) is 36.5 Å². The molecule has 2 aromatic carbocycles. The standard InChI is InChI=1S/C18H22N2O/c1-2-15-8-10-17(11-9-15)20-18(21)14-19-13-12-16-6-4-3-5-7-16/h3-11,19H,2,12-14H2,1H3,(H,20,21)/p+1. The van der Waals surface area contributed by atoms with Gasteiger partial charge in [-0.25, -0.2) is 0 Å². The summed E-state index contributed by atoms with van der Waals surface area (Å²) in [7, 11) is 0. The summed E-state index contributed by atoms with van der Waals surface area (Å²) in [6, 6.07) is 18.4. The highest BCUT2D eigenvalue weighted by molar-refractivity contribution is 5.91. The lowest BCUT2D eigenvalue weighted by molar-refractivity contribution is -0.643. The van der Waals surface area contributed by atoms with Gasteiger partial charge in [-0.05, 0) is 29.7 Å². The van der Waals surface area contributed by atoms with Gasteiger partial charge in [-0.1, -0.05) is 49.4 Å². The van der Waals surface area contributed by atoms with E-state index < -0.39 is 0 Å². The second kappa shape index (κ2) is 8.22. The second-order valence-corrected chi connectivity index (χ2v) is 5.12. The third-order valence-corrected chi connectivity index (χ3v) is 3.46. The third kappa shape index (κ3) is 5.40. The molecule has 0 aliphatic rings. The van der Waals surface area contributed by atoms with E-state index in [-0.39, 0.29) is 5.91 Å². The monoisotopic (exact) mass is 283 g/mol. The van der Waals surface area contributed by atoms with Crippen LogP contribution in [0.25, 0.3) is 0 Å². The second-order valence-electron chi connectivity index (χ2n) is 5.12. The summed E-state index contributed by atoms with van der Waals surface area (Å²) in [6.45, 7) is 3.50. The van der Waals surface area contributed by atoms with E-state index >= 15 is 0 Å². The molecule has 0 aliphatic carbocycles. The van der Waals surface area contributed by atoms with E-state index in [9.17, 15) is 4.79 Å². The van der Waals surface area contributed by atoms with Crippen molar-refractivity contribution in [2.24, 2.45) is 0 Å². The van der Waals surface area contributed by atoms with Crippen molar-refractivity contribution in [3.63, 3.8) is 0 Å². The van der Waals surface area contributed by atoms with Crippen LogP contribution in [0.4, 0.5) is 5.69 Å². The minimum absolute atomic E-state index is 0.0484. The van der Waals surface area contributed by atoms with Gasteiger partial charge in [0.1, 0.15) is 0 Å². The quantitative estimate of drug-likeness (QED) is 0.750. The van der Waals surface area contributed by atoms with Crippen LogP contribution in [0.2, 0.25) is 0 Å². The van der Waals surface area contributed by atoms with Crippen molar-refractivity contribution in [1.29, 1.82) is 0 Å². The summed E-state index contributed by atoms with van der Waals surface area (Å²) in [6.07, 6.45) is 2.00. The van der Waals surface area contributed by atoms with Crippen molar-refractivity contribution in [2.45, 2.75) is 19.8 Å². The van der Waals surface area contributed by atoms with Crippen LogP contribution in [0.15, 0.2) is 54.6 Å². The number of amides is 1. The van der Waals surface area contributed by atoms with Crippen molar-refractivity contribution < 1.29 is 10.1 Å². The van der Waals surface area contributed by atoms with Crippen molar-refractivity contribution in [2.75, 3.05) is 18.4 Å². The summed E-state index contributed by atoms with van der Waals surface area (Å²) in [5.74, 6) is 0.0484. The number of hydrogen-bond donors (Lipinski definition) is 2. The molecule has 3 heteroatoms. The van der Waals surface area contributed by atoms with Gasteiger partial charge in [0.2, 0.25) is 0 Å². The molecule has 0 spiro atoms. The Morgan fingerprint density at radius 2 is 1.71 bits per heavy atom. The highest BCUT2D eigenvalue weighted by atomic mass is 16.1. The number of benzene rings is 2. The molecule has 0 aliphatic heterocycles. The first-order valence-corrected chi connectivity index (χ1v) is 7.52. The normalized spacial score (nSPS) is 10.3. The lowest BCUT2D eigenvalue weighted by Gasteiger charge is -2.06. The Morgan fingerprint density at radius 3 is 2.38 bits per heavy atom. The number of rotatable bonds is 7.